The van der Waals surface area contributed by atoms with E-state index < -0.39 is 6.17 Å². The number of hydrogen-bond donors (Lipinski definition) is 0. The minimum absolute atomic E-state index is 0.355. The van der Waals surface area contributed by atoms with Gasteiger partial charge in [-0.3, -0.25) is 0 Å². The molecule has 1 atom stereocenters. The quantitative estimate of drug-likeness (QED) is 0.517. The van der Waals surface area contributed by atoms with Gasteiger partial charge in [0.05, 0.1) is 0 Å². The highest BCUT2D eigenvalue weighted by Crippen LogP contribution is 2.02. The molecule has 0 radical (unpaired) electrons. The summed E-state index contributed by atoms with van der Waals surface area (Å²) in [6.07, 6.45) is 1.84. The van der Waals surface area contributed by atoms with Crippen LogP contribution in [0.15, 0.2) is 0 Å². The molecular weight excluding hydrogens is 122 g/mol. The Bertz CT molecular complexity index is 110. The van der Waals surface area contributed by atoms with Crippen LogP contribution in [-0.4, -0.2) is 6.17 Å². The highest BCUT2D eigenvalue weighted by molar-refractivity contribution is 4.97. The fourth-order valence-corrected chi connectivity index (χ4v) is 0.515. The summed E-state index contributed by atoms with van der Waals surface area (Å²) >= 11 is 0. The van der Waals surface area contributed by atoms with E-state index in [2.05, 4.69) is 0 Å². The number of hydrogen-bond acceptors (Lipinski definition) is 0. The smallest absolute Gasteiger partial charge is 0.163 e. The molecule has 0 fully saturated rings. The van der Waals surface area contributed by atoms with Gasteiger partial charge in [-0.1, -0.05) is 13.3 Å². The van der Waals surface area contributed by atoms with Gasteiger partial charge in [-0.15, -0.1) is 4.39 Å². The summed E-state index contributed by atoms with van der Waals surface area (Å²) in [7, 11) is 0. The fraction of sp³-hybridized carbons (Fsp3) is 0.714. The van der Waals surface area contributed by atoms with E-state index in [1.807, 2.05) is 6.92 Å². The van der Waals surface area contributed by atoms with Gasteiger partial charge in [0.15, 0.2) is 6.17 Å². The molecule has 2 heteroatoms. The van der Waals surface area contributed by atoms with Crippen LogP contribution in [0.25, 0.3) is 0 Å². The molecule has 0 aromatic heterocycles. The van der Waals surface area contributed by atoms with Crippen molar-refractivity contribution in [3.63, 3.8) is 0 Å². The van der Waals surface area contributed by atoms with Crippen LogP contribution in [0.5, 0.6) is 0 Å². The molecule has 9 heavy (non-hydrogen) atoms. The second-order valence-corrected chi connectivity index (χ2v) is 1.85. The maximum Gasteiger partial charge on any atom is 0.163 e. The average molecular weight is 132 g/mol. The van der Waals surface area contributed by atoms with Crippen molar-refractivity contribution < 1.29 is 8.78 Å². The highest BCUT2D eigenvalue weighted by Gasteiger charge is 1.98. The van der Waals surface area contributed by atoms with Gasteiger partial charge in [0.2, 0.25) is 0 Å². The number of alkyl halides is 1. The third-order valence-electron chi connectivity index (χ3n) is 1.02. The molecule has 0 N–H and O–H groups in total. The SMILES string of the molecule is CCCCC(F)C#CF. The molecule has 0 saturated carbocycles. The summed E-state index contributed by atoms with van der Waals surface area (Å²) in [4.78, 5) is 0. The molecule has 0 spiro atoms. The van der Waals surface area contributed by atoms with Crippen LogP contribution >= 0.6 is 0 Å². The zero-order chi connectivity index (χ0) is 7.11. The van der Waals surface area contributed by atoms with Crippen LogP contribution in [-0.2, 0) is 0 Å². The molecule has 0 bridgehead atoms. The van der Waals surface area contributed by atoms with E-state index in [0.717, 1.165) is 19.0 Å². The molecular formula is C7H10F2. The van der Waals surface area contributed by atoms with Crippen LogP contribution in [0, 0.1) is 12.1 Å². The monoisotopic (exact) mass is 132 g/mol. The largest absolute Gasteiger partial charge is 0.233 e. The maximum atomic E-state index is 12.2. The molecule has 0 heterocycles. The van der Waals surface area contributed by atoms with Gasteiger partial charge in [0.1, 0.15) is 6.17 Å². The van der Waals surface area contributed by atoms with Gasteiger partial charge < -0.3 is 0 Å². The van der Waals surface area contributed by atoms with Gasteiger partial charge in [0, 0.05) is 0 Å². The average Bonchev–Trinajstić information content (AvgIpc) is 1.85. The van der Waals surface area contributed by atoms with Crippen LogP contribution in [0.3, 0.4) is 0 Å². The first-order chi connectivity index (χ1) is 4.31. The van der Waals surface area contributed by atoms with Crippen molar-refractivity contribution in [1.29, 1.82) is 0 Å². The molecule has 1 unspecified atom stereocenters. The molecule has 0 nitrogen and oxygen atoms in total. The highest BCUT2D eigenvalue weighted by atomic mass is 19.1. The zero-order valence-electron chi connectivity index (χ0n) is 5.45. The predicted molar refractivity (Wildman–Crippen MR) is 33.3 cm³/mol. The van der Waals surface area contributed by atoms with Crippen molar-refractivity contribution in [3.05, 3.63) is 0 Å². The molecule has 52 valence electrons. The summed E-state index contributed by atoms with van der Waals surface area (Å²) in [5.74, 6) is 1.80. The molecule has 0 aliphatic carbocycles. The fourth-order valence-electron chi connectivity index (χ4n) is 0.515. The van der Waals surface area contributed by atoms with Crippen molar-refractivity contribution in [3.8, 4) is 12.1 Å². The molecule has 0 aliphatic rings. The Morgan fingerprint density at radius 2 is 2.22 bits per heavy atom. The van der Waals surface area contributed by atoms with Gasteiger partial charge in [-0.25, -0.2) is 4.39 Å². The number of halogens is 2. The summed E-state index contributed by atoms with van der Waals surface area (Å²) in [6, 6.07) is 0. The molecule has 0 saturated heterocycles. The summed E-state index contributed by atoms with van der Waals surface area (Å²) in [5.41, 5.74) is 0. The van der Waals surface area contributed by atoms with Crippen molar-refractivity contribution in [1.82, 2.24) is 0 Å². The summed E-state index contributed by atoms with van der Waals surface area (Å²) < 4.78 is 23.2. The third-order valence-corrected chi connectivity index (χ3v) is 1.02. The van der Waals surface area contributed by atoms with Crippen LogP contribution in [0.4, 0.5) is 8.78 Å². The van der Waals surface area contributed by atoms with Gasteiger partial charge in [0.25, 0.3) is 0 Å². The van der Waals surface area contributed by atoms with E-state index in [1.165, 1.54) is 0 Å². The first-order valence-electron chi connectivity index (χ1n) is 3.06. The zero-order valence-corrected chi connectivity index (χ0v) is 5.45. The number of unbranched alkanes of at least 4 members (excludes halogenated alkanes) is 1. The van der Waals surface area contributed by atoms with E-state index in [4.69, 9.17) is 0 Å². The topological polar surface area (TPSA) is 0 Å². The second kappa shape index (κ2) is 5.55. The van der Waals surface area contributed by atoms with Crippen molar-refractivity contribution in [2.24, 2.45) is 0 Å². The summed E-state index contributed by atoms with van der Waals surface area (Å²) in [5, 5.41) is 0. The Kier molecular flexibility index (Phi) is 5.20. The predicted octanol–water partition coefficient (Wildman–Crippen LogP) is 2.45. The molecule has 0 amide bonds. The van der Waals surface area contributed by atoms with E-state index >= 15 is 0 Å². The van der Waals surface area contributed by atoms with E-state index in [1.54, 1.807) is 5.92 Å². The molecule has 0 aromatic rings. The minimum atomic E-state index is -1.27. The maximum absolute atomic E-state index is 12.2. The van der Waals surface area contributed by atoms with Crippen LogP contribution < -0.4 is 0 Å². The lowest BCUT2D eigenvalue weighted by Crippen LogP contribution is -1.93. The standard InChI is InChI=1S/C7H10F2/c1-2-3-4-7(9)5-6-8/h7H,2-4H2,1H3. The Labute approximate surface area is 54.3 Å². The first-order valence-corrected chi connectivity index (χ1v) is 3.06. The van der Waals surface area contributed by atoms with E-state index in [9.17, 15) is 8.78 Å². The summed E-state index contributed by atoms with van der Waals surface area (Å²) in [6.45, 7) is 1.95. The van der Waals surface area contributed by atoms with Crippen molar-refractivity contribution in [2.45, 2.75) is 32.4 Å². The lowest BCUT2D eigenvalue weighted by Gasteiger charge is -1.94. The van der Waals surface area contributed by atoms with Gasteiger partial charge in [-0.2, -0.15) is 0 Å². The minimum Gasteiger partial charge on any atom is -0.233 e. The Morgan fingerprint density at radius 1 is 1.56 bits per heavy atom. The lowest BCUT2D eigenvalue weighted by molar-refractivity contribution is 0.380. The number of rotatable bonds is 3. The molecule has 0 rings (SSSR count). The van der Waals surface area contributed by atoms with Crippen molar-refractivity contribution >= 4 is 0 Å². The van der Waals surface area contributed by atoms with E-state index in [-0.39, 0.29) is 0 Å². The molecule has 0 aromatic carbocycles. The second-order valence-electron chi connectivity index (χ2n) is 1.85. The lowest BCUT2D eigenvalue weighted by atomic mass is 10.2. The Morgan fingerprint density at radius 3 is 2.67 bits per heavy atom. The van der Waals surface area contributed by atoms with Crippen LogP contribution in [0.2, 0.25) is 0 Å². The molecule has 0 aliphatic heterocycles. The van der Waals surface area contributed by atoms with Gasteiger partial charge in [-0.05, 0) is 18.8 Å². The van der Waals surface area contributed by atoms with Crippen molar-refractivity contribution in [2.75, 3.05) is 0 Å². The Balaban J connectivity index is 3.23. The Hall–Kier alpha value is -0.580. The van der Waals surface area contributed by atoms with Crippen LogP contribution in [0.1, 0.15) is 26.2 Å². The van der Waals surface area contributed by atoms with Gasteiger partial charge >= 0.3 is 0 Å². The van der Waals surface area contributed by atoms with E-state index in [0.29, 0.717) is 6.42 Å². The normalized spacial score (nSPS) is 11.9. The third kappa shape index (κ3) is 5.29. The first kappa shape index (κ1) is 8.42.